The third-order valence-electron chi connectivity index (χ3n) is 8.74. The highest BCUT2D eigenvalue weighted by Crippen LogP contribution is 2.63. The number of anilines is 1. The van der Waals surface area contributed by atoms with Crippen LogP contribution in [0, 0.1) is 32.6 Å². The monoisotopic (exact) mass is 496 g/mol. The van der Waals surface area contributed by atoms with E-state index >= 15 is 0 Å². The van der Waals surface area contributed by atoms with E-state index in [9.17, 15) is 9.59 Å². The largest absolute Gasteiger partial charge is 0.274 e. The van der Waals surface area contributed by atoms with E-state index in [1.54, 1.807) is 0 Å². The molecule has 3 aliphatic carbocycles. The second-order valence-electron chi connectivity index (χ2n) is 10.9. The zero-order valence-corrected chi connectivity index (χ0v) is 21.7. The lowest BCUT2D eigenvalue weighted by Gasteiger charge is -2.52. The lowest BCUT2D eigenvalue weighted by Crippen LogP contribution is -2.54. The zero-order valence-electron chi connectivity index (χ0n) is 21.7. The zero-order chi connectivity index (χ0) is 26.2. The van der Waals surface area contributed by atoms with Crippen molar-refractivity contribution in [2.75, 3.05) is 4.90 Å². The molecule has 4 aromatic rings. The highest BCUT2D eigenvalue weighted by atomic mass is 16.2. The van der Waals surface area contributed by atoms with Crippen LogP contribution in [0.3, 0.4) is 0 Å². The molecule has 2 bridgehead atoms. The van der Waals surface area contributed by atoms with Gasteiger partial charge in [0.2, 0.25) is 11.8 Å². The van der Waals surface area contributed by atoms with Gasteiger partial charge in [-0.1, -0.05) is 83.9 Å². The average Bonchev–Trinajstić information content (AvgIpc) is 3.19. The van der Waals surface area contributed by atoms with E-state index in [-0.39, 0.29) is 17.7 Å². The Morgan fingerprint density at radius 1 is 0.737 bits per heavy atom. The Kier molecular flexibility index (Phi) is 4.87. The minimum atomic E-state index is -0.851. The van der Waals surface area contributed by atoms with Crippen LogP contribution < -0.4 is 4.90 Å². The molecule has 38 heavy (non-hydrogen) atoms. The van der Waals surface area contributed by atoms with Gasteiger partial charge in [0, 0.05) is 12.1 Å². The summed E-state index contributed by atoms with van der Waals surface area (Å²) in [4.78, 5) is 35.1. The van der Waals surface area contributed by atoms with Gasteiger partial charge in [0.15, 0.2) is 0 Å². The minimum Gasteiger partial charge on any atom is -0.274 e. The van der Waals surface area contributed by atoms with Crippen LogP contribution in [-0.4, -0.2) is 18.0 Å². The molecule has 0 aromatic heterocycles. The summed E-state index contributed by atoms with van der Waals surface area (Å²) in [6, 6.07) is 30.5. The predicted octanol–water partition coefficient (Wildman–Crippen LogP) is 6.57. The molecule has 0 unspecified atom stereocenters. The molecule has 2 atom stereocenters. The summed E-state index contributed by atoms with van der Waals surface area (Å²) in [5, 5.41) is 0. The van der Waals surface area contributed by atoms with E-state index in [2.05, 4.69) is 50.2 Å². The van der Waals surface area contributed by atoms with Crippen molar-refractivity contribution < 1.29 is 9.59 Å². The Labute approximate surface area is 222 Å². The van der Waals surface area contributed by atoms with E-state index in [1.165, 1.54) is 10.5 Å². The second kappa shape index (κ2) is 8.09. The molecule has 0 saturated carbocycles. The van der Waals surface area contributed by atoms with Crippen molar-refractivity contribution in [3.8, 4) is 0 Å². The van der Waals surface area contributed by atoms with Crippen molar-refractivity contribution in [2.24, 2.45) is 16.8 Å². The molecule has 4 heteroatoms. The third kappa shape index (κ3) is 2.94. The molecule has 0 N–H and O–H groups in total. The van der Waals surface area contributed by atoms with Gasteiger partial charge in [0.25, 0.3) is 0 Å². The summed E-state index contributed by atoms with van der Waals surface area (Å²) in [7, 11) is 0. The highest BCUT2D eigenvalue weighted by molar-refractivity contribution is 6.25. The Bertz CT molecular complexity index is 1620. The van der Waals surface area contributed by atoms with Crippen LogP contribution in [0.5, 0.6) is 0 Å². The molecule has 1 fully saturated rings. The van der Waals surface area contributed by atoms with Gasteiger partial charge in [-0.25, -0.2) is 4.90 Å². The molecule has 2 amide bonds. The van der Waals surface area contributed by atoms with Gasteiger partial charge < -0.3 is 0 Å². The van der Waals surface area contributed by atoms with E-state index in [0.717, 1.165) is 39.1 Å². The molecule has 8 rings (SSSR count). The summed E-state index contributed by atoms with van der Waals surface area (Å²) < 4.78 is 0. The van der Waals surface area contributed by atoms with Crippen molar-refractivity contribution in [1.82, 2.24) is 0 Å². The van der Waals surface area contributed by atoms with E-state index in [4.69, 9.17) is 4.99 Å². The van der Waals surface area contributed by atoms with Gasteiger partial charge in [0.05, 0.1) is 28.6 Å². The van der Waals surface area contributed by atoms with Crippen LogP contribution in [0.15, 0.2) is 96.0 Å². The number of carbonyl (C=O) groups excluding carboxylic acids is 2. The van der Waals surface area contributed by atoms with Gasteiger partial charge in [-0.3, -0.25) is 14.6 Å². The summed E-state index contributed by atoms with van der Waals surface area (Å²) >= 11 is 0. The van der Waals surface area contributed by atoms with Crippen LogP contribution in [0.2, 0.25) is 0 Å². The molecule has 4 aromatic carbocycles. The summed E-state index contributed by atoms with van der Waals surface area (Å²) in [6.07, 6.45) is 1.97. The first-order valence-electron chi connectivity index (χ1n) is 13.2. The number of hydrogen-bond donors (Lipinski definition) is 0. The fourth-order valence-electron chi connectivity index (χ4n) is 7.12. The van der Waals surface area contributed by atoms with E-state index in [1.807, 2.05) is 67.7 Å². The minimum absolute atomic E-state index is 0.123. The standard InChI is InChI=1S/C34H28N2O2/c1-20-12-15-23(16-13-20)36-32(37)30-29-24-8-4-6-10-26(24)34(31(30)33(36)38,27-11-7-5-9-25(27)29)19-35-28-17-14-21(2)18-22(28)3/h4-19,29-31H,1-3H3/t29?,30-,31-,34?/m0/s1. The summed E-state index contributed by atoms with van der Waals surface area (Å²) in [6.45, 7) is 6.13. The smallest absolute Gasteiger partial charge is 0.239 e. The molecule has 0 spiro atoms. The maximum Gasteiger partial charge on any atom is 0.239 e. The maximum atomic E-state index is 14.4. The Morgan fingerprint density at radius 3 is 1.97 bits per heavy atom. The topological polar surface area (TPSA) is 49.7 Å². The Hall–Kier alpha value is -4.31. The van der Waals surface area contributed by atoms with E-state index in [0.29, 0.717) is 5.69 Å². The van der Waals surface area contributed by atoms with Gasteiger partial charge in [-0.15, -0.1) is 0 Å². The van der Waals surface area contributed by atoms with Crippen LogP contribution >= 0.6 is 0 Å². The fraction of sp³-hybridized carbons (Fsp3) is 0.206. The van der Waals surface area contributed by atoms with Crippen LogP contribution in [0.25, 0.3) is 0 Å². The summed E-state index contributed by atoms with van der Waals surface area (Å²) in [5.41, 5.74) is 8.38. The quantitative estimate of drug-likeness (QED) is 0.238. The van der Waals surface area contributed by atoms with Gasteiger partial charge in [-0.05, 0) is 66.8 Å². The number of aryl methyl sites for hydroxylation is 3. The van der Waals surface area contributed by atoms with Gasteiger partial charge in [-0.2, -0.15) is 0 Å². The fourth-order valence-corrected chi connectivity index (χ4v) is 7.12. The third-order valence-corrected chi connectivity index (χ3v) is 8.74. The van der Waals surface area contributed by atoms with Crippen molar-refractivity contribution in [1.29, 1.82) is 0 Å². The SMILES string of the molecule is Cc1ccc(N2C(=O)[C@@H]3[C@@H](C2=O)C2c4ccccc4C3(C=Nc3ccc(C)cc3C)c3ccccc32)cc1. The Morgan fingerprint density at radius 2 is 1.34 bits per heavy atom. The first-order valence-corrected chi connectivity index (χ1v) is 13.2. The molecule has 4 nitrogen and oxygen atoms in total. The number of rotatable bonds is 3. The second-order valence-corrected chi connectivity index (χ2v) is 10.9. The molecule has 1 heterocycles. The number of benzene rings is 4. The van der Waals surface area contributed by atoms with E-state index < -0.39 is 17.3 Å². The first kappa shape index (κ1) is 22.9. The molecule has 1 saturated heterocycles. The highest BCUT2D eigenvalue weighted by Gasteiger charge is 2.67. The van der Waals surface area contributed by atoms with Crippen molar-refractivity contribution in [2.45, 2.75) is 32.1 Å². The average molecular weight is 497 g/mol. The number of nitrogens with zero attached hydrogens (tertiary/aromatic N) is 2. The predicted molar refractivity (Wildman–Crippen MR) is 150 cm³/mol. The van der Waals surface area contributed by atoms with Crippen LogP contribution in [0.1, 0.15) is 44.9 Å². The molecule has 186 valence electrons. The Balaban J connectivity index is 1.50. The normalized spacial score (nSPS) is 25.0. The number of hydrogen-bond acceptors (Lipinski definition) is 3. The molecule has 1 aliphatic heterocycles. The molecule has 4 aliphatic rings. The molecular formula is C34H28N2O2. The number of carbonyl (C=O) groups is 2. The molecular weight excluding hydrogens is 468 g/mol. The molecule has 0 radical (unpaired) electrons. The number of amides is 2. The first-order chi connectivity index (χ1) is 18.4. The number of aliphatic imine (C=N–C) groups is 1. The maximum absolute atomic E-state index is 14.4. The van der Waals surface area contributed by atoms with Crippen molar-refractivity contribution in [3.05, 3.63) is 130 Å². The van der Waals surface area contributed by atoms with Crippen molar-refractivity contribution >= 4 is 29.4 Å². The van der Waals surface area contributed by atoms with Gasteiger partial charge in [0.1, 0.15) is 0 Å². The van der Waals surface area contributed by atoms with Gasteiger partial charge >= 0.3 is 0 Å². The van der Waals surface area contributed by atoms with Crippen LogP contribution in [0.4, 0.5) is 11.4 Å². The lowest BCUT2D eigenvalue weighted by atomic mass is 9.47. The van der Waals surface area contributed by atoms with Crippen molar-refractivity contribution in [3.63, 3.8) is 0 Å². The number of imide groups is 1. The lowest BCUT2D eigenvalue weighted by molar-refractivity contribution is -0.122. The summed E-state index contributed by atoms with van der Waals surface area (Å²) in [5.74, 6) is -1.50. The van der Waals surface area contributed by atoms with Crippen LogP contribution in [-0.2, 0) is 15.0 Å².